The standard InChI is InChI=1S/C11H16N2O2/c1-13(2)7-8-4-5-9(10(12)6-8)11(14)15-3/h4-6H,7,12H2,1-3H3. The lowest BCUT2D eigenvalue weighted by Gasteiger charge is -2.11. The van der Waals surface area contributed by atoms with Crippen LogP contribution in [0, 0.1) is 0 Å². The molecule has 0 aliphatic carbocycles. The molecule has 0 unspecified atom stereocenters. The molecule has 0 aliphatic heterocycles. The van der Waals surface area contributed by atoms with Gasteiger partial charge in [-0.3, -0.25) is 0 Å². The first-order valence-corrected chi connectivity index (χ1v) is 4.66. The van der Waals surface area contributed by atoms with Crippen LogP contribution in [0.5, 0.6) is 0 Å². The van der Waals surface area contributed by atoms with E-state index in [1.807, 2.05) is 25.1 Å². The van der Waals surface area contributed by atoms with Gasteiger partial charge >= 0.3 is 5.97 Å². The highest BCUT2D eigenvalue weighted by Gasteiger charge is 2.09. The van der Waals surface area contributed by atoms with Gasteiger partial charge in [-0.05, 0) is 31.8 Å². The van der Waals surface area contributed by atoms with Crippen LogP contribution in [0.2, 0.25) is 0 Å². The second-order valence-electron chi connectivity index (χ2n) is 3.65. The monoisotopic (exact) mass is 208 g/mol. The van der Waals surface area contributed by atoms with Gasteiger partial charge in [0.1, 0.15) is 0 Å². The lowest BCUT2D eigenvalue weighted by atomic mass is 10.1. The minimum Gasteiger partial charge on any atom is -0.465 e. The van der Waals surface area contributed by atoms with Crippen molar-refractivity contribution < 1.29 is 9.53 Å². The number of nitrogens with two attached hydrogens (primary N) is 1. The summed E-state index contributed by atoms with van der Waals surface area (Å²) in [5, 5.41) is 0. The molecule has 0 atom stereocenters. The lowest BCUT2D eigenvalue weighted by Crippen LogP contribution is -2.12. The molecule has 4 nitrogen and oxygen atoms in total. The van der Waals surface area contributed by atoms with E-state index in [4.69, 9.17) is 5.73 Å². The number of hydrogen-bond acceptors (Lipinski definition) is 4. The van der Waals surface area contributed by atoms with Crippen molar-refractivity contribution in [2.75, 3.05) is 26.9 Å². The largest absolute Gasteiger partial charge is 0.465 e. The average Bonchev–Trinajstić information content (AvgIpc) is 2.16. The van der Waals surface area contributed by atoms with E-state index in [0.717, 1.165) is 12.1 Å². The van der Waals surface area contributed by atoms with Gasteiger partial charge in [-0.15, -0.1) is 0 Å². The predicted molar refractivity (Wildman–Crippen MR) is 59.6 cm³/mol. The second-order valence-corrected chi connectivity index (χ2v) is 3.65. The number of rotatable bonds is 3. The maximum absolute atomic E-state index is 11.3. The van der Waals surface area contributed by atoms with Crippen molar-refractivity contribution in [1.82, 2.24) is 4.90 Å². The van der Waals surface area contributed by atoms with Crippen molar-refractivity contribution in [2.45, 2.75) is 6.54 Å². The van der Waals surface area contributed by atoms with Gasteiger partial charge in [-0.2, -0.15) is 0 Å². The summed E-state index contributed by atoms with van der Waals surface area (Å²) in [5.74, 6) is -0.399. The highest BCUT2D eigenvalue weighted by atomic mass is 16.5. The summed E-state index contributed by atoms with van der Waals surface area (Å²) in [7, 11) is 5.30. The molecular weight excluding hydrogens is 192 g/mol. The molecule has 2 N–H and O–H groups in total. The summed E-state index contributed by atoms with van der Waals surface area (Å²) in [6, 6.07) is 5.37. The minimum atomic E-state index is -0.399. The SMILES string of the molecule is COC(=O)c1ccc(CN(C)C)cc1N. The third kappa shape index (κ3) is 2.95. The topological polar surface area (TPSA) is 55.6 Å². The van der Waals surface area contributed by atoms with Crippen LogP contribution in [-0.2, 0) is 11.3 Å². The van der Waals surface area contributed by atoms with Crippen molar-refractivity contribution in [3.63, 3.8) is 0 Å². The lowest BCUT2D eigenvalue weighted by molar-refractivity contribution is 0.0602. The molecule has 0 radical (unpaired) electrons. The maximum atomic E-state index is 11.3. The third-order valence-corrected chi connectivity index (χ3v) is 2.02. The van der Waals surface area contributed by atoms with Crippen LogP contribution in [0.4, 0.5) is 5.69 Å². The van der Waals surface area contributed by atoms with Crippen molar-refractivity contribution in [2.24, 2.45) is 0 Å². The molecule has 4 heteroatoms. The van der Waals surface area contributed by atoms with Crippen LogP contribution in [0.25, 0.3) is 0 Å². The minimum absolute atomic E-state index is 0.399. The first-order valence-electron chi connectivity index (χ1n) is 4.66. The Morgan fingerprint density at radius 2 is 2.13 bits per heavy atom. The zero-order valence-corrected chi connectivity index (χ0v) is 9.28. The van der Waals surface area contributed by atoms with E-state index >= 15 is 0 Å². The highest BCUT2D eigenvalue weighted by molar-refractivity contribution is 5.95. The first kappa shape index (κ1) is 11.5. The molecule has 0 aliphatic rings. The molecule has 1 aromatic carbocycles. The van der Waals surface area contributed by atoms with Crippen molar-refractivity contribution in [3.05, 3.63) is 29.3 Å². The molecule has 82 valence electrons. The van der Waals surface area contributed by atoms with E-state index < -0.39 is 5.97 Å². The summed E-state index contributed by atoms with van der Waals surface area (Å²) in [6.07, 6.45) is 0. The smallest absolute Gasteiger partial charge is 0.339 e. The molecule has 0 bridgehead atoms. The summed E-state index contributed by atoms with van der Waals surface area (Å²) in [5.41, 5.74) is 7.70. The Balaban J connectivity index is 2.93. The molecule has 0 saturated carbocycles. The Bertz CT molecular complexity index is 362. The van der Waals surface area contributed by atoms with Crippen LogP contribution >= 0.6 is 0 Å². The number of anilines is 1. The van der Waals surface area contributed by atoms with Gasteiger partial charge in [0.25, 0.3) is 0 Å². The Hall–Kier alpha value is -1.55. The Morgan fingerprint density at radius 1 is 1.47 bits per heavy atom. The fourth-order valence-electron chi connectivity index (χ4n) is 1.37. The molecular formula is C11H16N2O2. The van der Waals surface area contributed by atoms with Gasteiger partial charge in [0.05, 0.1) is 12.7 Å². The molecule has 0 amide bonds. The summed E-state index contributed by atoms with van der Waals surface area (Å²) >= 11 is 0. The Labute approximate surface area is 89.6 Å². The van der Waals surface area contributed by atoms with Crippen LogP contribution < -0.4 is 5.73 Å². The van der Waals surface area contributed by atoms with Crippen LogP contribution in [0.3, 0.4) is 0 Å². The number of nitrogens with zero attached hydrogens (tertiary/aromatic N) is 1. The quantitative estimate of drug-likeness (QED) is 0.597. The van der Waals surface area contributed by atoms with Gasteiger partial charge in [0.15, 0.2) is 0 Å². The molecule has 0 spiro atoms. The Morgan fingerprint density at radius 3 is 2.60 bits per heavy atom. The van der Waals surface area contributed by atoms with Crippen LogP contribution in [-0.4, -0.2) is 32.1 Å². The Kier molecular flexibility index (Phi) is 3.68. The van der Waals surface area contributed by atoms with Crippen LogP contribution in [0.1, 0.15) is 15.9 Å². The van der Waals surface area contributed by atoms with Gasteiger partial charge in [-0.1, -0.05) is 6.07 Å². The van der Waals surface area contributed by atoms with E-state index in [0.29, 0.717) is 11.3 Å². The molecule has 1 rings (SSSR count). The molecule has 15 heavy (non-hydrogen) atoms. The zero-order valence-electron chi connectivity index (χ0n) is 9.28. The highest BCUT2D eigenvalue weighted by Crippen LogP contribution is 2.16. The van der Waals surface area contributed by atoms with E-state index in [9.17, 15) is 4.79 Å². The number of carbonyl (C=O) groups is 1. The normalized spacial score (nSPS) is 10.4. The fourth-order valence-corrected chi connectivity index (χ4v) is 1.37. The third-order valence-electron chi connectivity index (χ3n) is 2.02. The molecule has 0 aromatic heterocycles. The van der Waals surface area contributed by atoms with E-state index in [2.05, 4.69) is 4.74 Å². The molecule has 0 heterocycles. The van der Waals surface area contributed by atoms with Crippen molar-refractivity contribution in [1.29, 1.82) is 0 Å². The summed E-state index contributed by atoms with van der Waals surface area (Å²) in [4.78, 5) is 13.3. The molecule has 0 fully saturated rings. The first-order chi connectivity index (χ1) is 7.04. The molecule has 0 saturated heterocycles. The van der Waals surface area contributed by atoms with Crippen molar-refractivity contribution >= 4 is 11.7 Å². The average molecular weight is 208 g/mol. The van der Waals surface area contributed by atoms with Crippen molar-refractivity contribution in [3.8, 4) is 0 Å². The van der Waals surface area contributed by atoms with Crippen LogP contribution in [0.15, 0.2) is 18.2 Å². The van der Waals surface area contributed by atoms with Gasteiger partial charge in [0.2, 0.25) is 0 Å². The number of methoxy groups -OCH3 is 1. The van der Waals surface area contributed by atoms with Gasteiger partial charge in [0, 0.05) is 12.2 Å². The van der Waals surface area contributed by atoms with E-state index in [-0.39, 0.29) is 0 Å². The number of hydrogen-bond donors (Lipinski definition) is 1. The summed E-state index contributed by atoms with van der Waals surface area (Å²) in [6.45, 7) is 0.797. The zero-order chi connectivity index (χ0) is 11.4. The van der Waals surface area contributed by atoms with E-state index in [1.54, 1.807) is 12.1 Å². The molecule has 1 aromatic rings. The number of benzene rings is 1. The number of carbonyl (C=O) groups excluding carboxylic acids is 1. The van der Waals surface area contributed by atoms with Gasteiger partial charge < -0.3 is 15.4 Å². The van der Waals surface area contributed by atoms with E-state index in [1.165, 1.54) is 7.11 Å². The maximum Gasteiger partial charge on any atom is 0.339 e. The fraction of sp³-hybridized carbons (Fsp3) is 0.364. The van der Waals surface area contributed by atoms with Gasteiger partial charge in [-0.25, -0.2) is 4.79 Å². The number of ether oxygens (including phenoxy) is 1. The summed E-state index contributed by atoms with van der Waals surface area (Å²) < 4.78 is 4.61. The second kappa shape index (κ2) is 4.79. The predicted octanol–water partition coefficient (Wildman–Crippen LogP) is 1.12. The number of nitrogen functional groups attached to an aromatic ring is 1. The number of esters is 1.